The van der Waals surface area contributed by atoms with E-state index in [9.17, 15) is 24.5 Å². The fourth-order valence-corrected chi connectivity index (χ4v) is 2.70. The maximum absolute atomic E-state index is 14.3. The van der Waals surface area contributed by atoms with E-state index in [-0.39, 0.29) is 11.3 Å². The Morgan fingerprint density at radius 1 is 1.16 bits per heavy atom. The van der Waals surface area contributed by atoms with Crippen molar-refractivity contribution in [2.75, 3.05) is 6.61 Å². The quantitative estimate of drug-likeness (QED) is 0.538. The number of fused-ring (bicyclic) bond motifs is 1. The first-order valence-electron chi connectivity index (χ1n) is 7.53. The second-order valence-electron chi connectivity index (χ2n) is 5.84. The lowest BCUT2D eigenvalue weighted by molar-refractivity contribution is -0.277. The number of halogens is 1. The van der Waals surface area contributed by atoms with Crippen LogP contribution < -0.4 is 10.4 Å². The van der Waals surface area contributed by atoms with E-state index in [1.165, 1.54) is 6.07 Å². The van der Waals surface area contributed by atoms with Crippen LogP contribution in [0.25, 0.3) is 11.0 Å². The third-order valence-electron chi connectivity index (χ3n) is 4.10. The largest absolute Gasteiger partial charge is 0.459 e. The number of ether oxygens (including phenoxy) is 2. The number of rotatable bonds is 3. The van der Waals surface area contributed by atoms with Gasteiger partial charge in [-0.2, -0.15) is 0 Å². The molecular weight excluding hydrogens is 339 g/mol. The Morgan fingerprint density at radius 2 is 1.88 bits per heavy atom. The Balaban J connectivity index is 1.94. The molecule has 0 amide bonds. The molecule has 0 saturated carbocycles. The van der Waals surface area contributed by atoms with Crippen molar-refractivity contribution in [1.82, 2.24) is 0 Å². The Morgan fingerprint density at radius 3 is 2.56 bits per heavy atom. The highest BCUT2D eigenvalue weighted by atomic mass is 19.1. The molecule has 1 fully saturated rings. The van der Waals surface area contributed by atoms with Gasteiger partial charge < -0.3 is 34.3 Å². The third-order valence-corrected chi connectivity index (χ3v) is 4.10. The van der Waals surface area contributed by atoms with Gasteiger partial charge in [0.2, 0.25) is 6.29 Å². The van der Waals surface area contributed by atoms with Gasteiger partial charge in [0.05, 0.1) is 6.61 Å². The van der Waals surface area contributed by atoms with Crippen LogP contribution in [-0.4, -0.2) is 57.7 Å². The van der Waals surface area contributed by atoms with Crippen LogP contribution in [0.1, 0.15) is 5.56 Å². The first-order chi connectivity index (χ1) is 11.8. The molecule has 1 aromatic heterocycles. The van der Waals surface area contributed by atoms with Crippen molar-refractivity contribution in [3.05, 3.63) is 40.0 Å². The summed E-state index contributed by atoms with van der Waals surface area (Å²) in [7, 11) is 0. The van der Waals surface area contributed by atoms with Gasteiger partial charge in [-0.3, -0.25) is 0 Å². The summed E-state index contributed by atoms with van der Waals surface area (Å²) in [6, 6.07) is 3.45. The predicted molar refractivity (Wildman–Crippen MR) is 81.6 cm³/mol. The molecule has 8 nitrogen and oxygen atoms in total. The molecule has 0 bridgehead atoms. The molecule has 2 heterocycles. The number of aliphatic hydroxyl groups is 4. The number of benzene rings is 1. The third kappa shape index (κ3) is 3.24. The van der Waals surface area contributed by atoms with Crippen LogP contribution in [0.15, 0.2) is 27.4 Å². The maximum atomic E-state index is 14.3. The van der Waals surface area contributed by atoms with Gasteiger partial charge in [-0.15, -0.1) is 0 Å². The van der Waals surface area contributed by atoms with Gasteiger partial charge in [-0.05, 0) is 18.6 Å². The Labute approximate surface area is 140 Å². The smallest absolute Gasteiger partial charge is 0.336 e. The molecule has 5 atom stereocenters. The van der Waals surface area contributed by atoms with Crippen LogP contribution in [0.5, 0.6) is 5.75 Å². The number of aryl methyl sites for hydroxylation is 1. The molecule has 2 aromatic rings. The molecule has 1 aliphatic rings. The molecule has 0 radical (unpaired) electrons. The second kappa shape index (κ2) is 6.70. The highest BCUT2D eigenvalue weighted by Gasteiger charge is 2.45. The fourth-order valence-electron chi connectivity index (χ4n) is 2.70. The second-order valence-corrected chi connectivity index (χ2v) is 5.84. The molecule has 1 aromatic carbocycles. The van der Waals surface area contributed by atoms with Gasteiger partial charge in [-0.1, -0.05) is 0 Å². The summed E-state index contributed by atoms with van der Waals surface area (Å²) in [5, 5.41) is 38.9. The fraction of sp³-hybridized carbons (Fsp3) is 0.438. The minimum atomic E-state index is -1.68. The molecular formula is C16H17FO8. The SMILES string of the molecule is Cc1cc(=O)oc2cc(O[C@H]3O[C@H](CO)[C@@H](O)[C@H](O)[C@H]3O)c(F)cc12. The van der Waals surface area contributed by atoms with Crippen molar-refractivity contribution in [3.63, 3.8) is 0 Å². The highest BCUT2D eigenvalue weighted by molar-refractivity contribution is 5.81. The molecule has 136 valence electrons. The average Bonchev–Trinajstić information content (AvgIpc) is 2.56. The predicted octanol–water partition coefficient (Wildman–Crippen LogP) is -0.581. The lowest BCUT2D eigenvalue weighted by Gasteiger charge is -2.39. The van der Waals surface area contributed by atoms with Crippen molar-refractivity contribution in [1.29, 1.82) is 0 Å². The van der Waals surface area contributed by atoms with Gasteiger partial charge in [-0.25, -0.2) is 9.18 Å². The molecule has 0 aliphatic carbocycles. The van der Waals surface area contributed by atoms with Crippen LogP contribution in [0.3, 0.4) is 0 Å². The molecule has 0 unspecified atom stereocenters. The van der Waals surface area contributed by atoms with Crippen molar-refractivity contribution in [3.8, 4) is 5.75 Å². The standard InChI is InChI=1S/C16H17FO8/c1-6-2-12(19)23-9-4-10(8(17)3-7(6)9)24-16-15(22)14(21)13(20)11(5-18)25-16/h2-4,11,13-16,18,20-22H,5H2,1H3/t11-,13-,14+,15-,16+/m1/s1. The van der Waals surface area contributed by atoms with E-state index < -0.39 is 48.8 Å². The summed E-state index contributed by atoms with van der Waals surface area (Å²) in [5.74, 6) is -1.19. The number of aliphatic hydroxyl groups excluding tert-OH is 4. The zero-order valence-corrected chi connectivity index (χ0v) is 13.1. The summed E-state index contributed by atoms with van der Waals surface area (Å²) < 4.78 is 29.7. The normalized spacial score (nSPS) is 29.8. The van der Waals surface area contributed by atoms with Gasteiger partial charge in [0.15, 0.2) is 11.6 Å². The van der Waals surface area contributed by atoms with Crippen molar-refractivity contribution < 1.29 is 38.7 Å². The average molecular weight is 356 g/mol. The van der Waals surface area contributed by atoms with Gasteiger partial charge in [0.25, 0.3) is 0 Å². The molecule has 3 rings (SSSR count). The van der Waals surface area contributed by atoms with Crippen molar-refractivity contribution in [2.45, 2.75) is 37.6 Å². The zero-order valence-electron chi connectivity index (χ0n) is 13.1. The monoisotopic (exact) mass is 356 g/mol. The first-order valence-corrected chi connectivity index (χ1v) is 7.53. The minimum absolute atomic E-state index is 0.0750. The lowest BCUT2D eigenvalue weighted by Crippen LogP contribution is -2.60. The number of hydrogen-bond donors (Lipinski definition) is 4. The van der Waals surface area contributed by atoms with Crippen LogP contribution in [0.4, 0.5) is 4.39 Å². The van der Waals surface area contributed by atoms with Gasteiger partial charge >= 0.3 is 5.63 Å². The van der Waals surface area contributed by atoms with E-state index >= 15 is 0 Å². The van der Waals surface area contributed by atoms with E-state index in [4.69, 9.17) is 19.0 Å². The minimum Gasteiger partial charge on any atom is -0.459 e. The van der Waals surface area contributed by atoms with Crippen LogP contribution in [0.2, 0.25) is 0 Å². The molecule has 25 heavy (non-hydrogen) atoms. The van der Waals surface area contributed by atoms with Crippen LogP contribution in [-0.2, 0) is 4.74 Å². The van der Waals surface area contributed by atoms with Gasteiger partial charge in [0, 0.05) is 17.5 Å². The summed E-state index contributed by atoms with van der Waals surface area (Å²) in [6.07, 6.45) is -7.62. The van der Waals surface area contributed by atoms with E-state index in [0.29, 0.717) is 10.9 Å². The van der Waals surface area contributed by atoms with E-state index in [0.717, 1.165) is 12.1 Å². The summed E-state index contributed by atoms with van der Waals surface area (Å²) in [5.41, 5.74) is -0.0223. The molecule has 1 saturated heterocycles. The summed E-state index contributed by atoms with van der Waals surface area (Å²) in [6.45, 7) is 0.982. The Bertz CT molecular complexity index is 833. The molecule has 4 N–H and O–H groups in total. The van der Waals surface area contributed by atoms with Crippen molar-refractivity contribution >= 4 is 11.0 Å². The van der Waals surface area contributed by atoms with E-state index in [1.54, 1.807) is 6.92 Å². The lowest BCUT2D eigenvalue weighted by atomic mass is 9.99. The zero-order chi connectivity index (χ0) is 18.3. The van der Waals surface area contributed by atoms with E-state index in [1.807, 2.05) is 0 Å². The highest BCUT2D eigenvalue weighted by Crippen LogP contribution is 2.29. The summed E-state index contributed by atoms with van der Waals surface area (Å²) in [4.78, 5) is 11.4. The first kappa shape index (κ1) is 17.8. The molecule has 9 heteroatoms. The van der Waals surface area contributed by atoms with Gasteiger partial charge in [0.1, 0.15) is 30.0 Å². The Hall–Kier alpha value is -2.04. The number of hydrogen-bond acceptors (Lipinski definition) is 8. The molecule has 0 spiro atoms. The van der Waals surface area contributed by atoms with Crippen molar-refractivity contribution in [2.24, 2.45) is 0 Å². The van der Waals surface area contributed by atoms with Crippen LogP contribution >= 0.6 is 0 Å². The molecule has 1 aliphatic heterocycles. The Kier molecular flexibility index (Phi) is 4.76. The van der Waals surface area contributed by atoms with E-state index in [2.05, 4.69) is 0 Å². The topological polar surface area (TPSA) is 130 Å². The summed E-state index contributed by atoms with van der Waals surface area (Å²) >= 11 is 0. The maximum Gasteiger partial charge on any atom is 0.336 e. The van der Waals surface area contributed by atoms with Crippen LogP contribution in [0, 0.1) is 12.7 Å².